The lowest BCUT2D eigenvalue weighted by Crippen LogP contribution is -2.31. The molecule has 0 saturated heterocycles. The third-order valence-corrected chi connectivity index (χ3v) is 5.25. The van der Waals surface area contributed by atoms with Gasteiger partial charge in [-0.3, -0.25) is 4.79 Å². The highest BCUT2D eigenvalue weighted by Crippen LogP contribution is 2.29. The maximum atomic E-state index is 13.0. The predicted molar refractivity (Wildman–Crippen MR) is 104 cm³/mol. The summed E-state index contributed by atoms with van der Waals surface area (Å²) in [5.74, 6) is 1.18. The van der Waals surface area contributed by atoms with Crippen LogP contribution in [0, 0.1) is 6.92 Å². The molecule has 4 aromatic rings. The largest absolute Gasteiger partial charge is 0.462 e. The summed E-state index contributed by atoms with van der Waals surface area (Å²) in [6, 6.07) is 13.1. The van der Waals surface area contributed by atoms with Crippen LogP contribution in [0.15, 0.2) is 65.5 Å². The van der Waals surface area contributed by atoms with Gasteiger partial charge >= 0.3 is 0 Å². The van der Waals surface area contributed by atoms with Gasteiger partial charge in [0.15, 0.2) is 10.8 Å². The van der Waals surface area contributed by atoms with E-state index in [2.05, 4.69) is 15.3 Å². The van der Waals surface area contributed by atoms with Crippen LogP contribution in [0.4, 0.5) is 0 Å². The van der Waals surface area contributed by atoms with Crippen molar-refractivity contribution in [1.82, 2.24) is 19.9 Å². The monoisotopic (exact) mass is 378 g/mol. The summed E-state index contributed by atoms with van der Waals surface area (Å²) in [6.45, 7) is 1.89. The van der Waals surface area contributed by atoms with Gasteiger partial charge in [0.2, 0.25) is 0 Å². The molecule has 0 saturated carbocycles. The number of furan rings is 1. The van der Waals surface area contributed by atoms with E-state index in [-0.39, 0.29) is 11.9 Å². The summed E-state index contributed by atoms with van der Waals surface area (Å²) < 4.78 is 7.30. The fraction of sp³-hybridized carbons (Fsp3) is 0.150. The molecule has 6 nitrogen and oxygen atoms in total. The summed E-state index contributed by atoms with van der Waals surface area (Å²) in [5.41, 5.74) is 1.36. The number of aromatic nitrogens is 3. The van der Waals surface area contributed by atoms with Crippen molar-refractivity contribution in [2.24, 2.45) is 7.05 Å². The molecule has 0 radical (unpaired) electrons. The molecule has 4 rings (SSSR count). The molecule has 0 bridgehead atoms. The van der Waals surface area contributed by atoms with Crippen LogP contribution in [-0.2, 0) is 7.05 Å². The molecule has 0 spiro atoms. The highest BCUT2D eigenvalue weighted by Gasteiger charge is 2.24. The first kappa shape index (κ1) is 17.2. The standard InChI is InChI=1S/C20H18N4O2S/c1-13-16(23-20(27-13)15-9-6-12-26-15)19(25)22-17(14-7-4-3-5-8-14)18-21-10-11-24(18)2/h3-12,17H,1-2H3,(H,22,25)/t17-/m0/s1. The first-order chi connectivity index (χ1) is 13.1. The number of rotatable bonds is 5. The molecule has 3 aromatic heterocycles. The summed E-state index contributed by atoms with van der Waals surface area (Å²) in [4.78, 5) is 22.8. The van der Waals surface area contributed by atoms with Gasteiger partial charge in [0, 0.05) is 24.3 Å². The van der Waals surface area contributed by atoms with Gasteiger partial charge in [-0.15, -0.1) is 11.3 Å². The Labute approximate surface area is 160 Å². The molecule has 1 atom stereocenters. The van der Waals surface area contributed by atoms with Crippen molar-refractivity contribution in [3.8, 4) is 10.8 Å². The Kier molecular flexibility index (Phi) is 4.60. The molecule has 0 unspecified atom stereocenters. The number of carbonyl (C=O) groups is 1. The van der Waals surface area contributed by atoms with Crippen LogP contribution in [0.2, 0.25) is 0 Å². The molecule has 0 fully saturated rings. The predicted octanol–water partition coefficient (Wildman–Crippen LogP) is 3.96. The normalized spacial score (nSPS) is 12.1. The van der Waals surface area contributed by atoms with Gasteiger partial charge in [-0.05, 0) is 24.6 Å². The molecule has 0 aliphatic carbocycles. The quantitative estimate of drug-likeness (QED) is 0.570. The van der Waals surface area contributed by atoms with E-state index in [0.29, 0.717) is 16.5 Å². The fourth-order valence-corrected chi connectivity index (χ4v) is 3.79. The van der Waals surface area contributed by atoms with Crippen LogP contribution in [-0.4, -0.2) is 20.4 Å². The minimum absolute atomic E-state index is 0.238. The molecule has 136 valence electrons. The highest BCUT2D eigenvalue weighted by molar-refractivity contribution is 7.15. The second-order valence-corrected chi connectivity index (χ2v) is 7.32. The van der Waals surface area contributed by atoms with Crippen molar-refractivity contribution >= 4 is 17.2 Å². The van der Waals surface area contributed by atoms with Crippen LogP contribution < -0.4 is 5.32 Å². The third-order valence-electron chi connectivity index (χ3n) is 4.27. The number of benzene rings is 1. The van der Waals surface area contributed by atoms with Crippen LogP contribution in [0.3, 0.4) is 0 Å². The van der Waals surface area contributed by atoms with E-state index in [9.17, 15) is 4.79 Å². The van der Waals surface area contributed by atoms with Gasteiger partial charge in [-0.1, -0.05) is 30.3 Å². The lowest BCUT2D eigenvalue weighted by Gasteiger charge is -2.18. The average Bonchev–Trinajstić information content (AvgIpc) is 3.41. The number of carbonyl (C=O) groups excluding carboxylic acids is 1. The molecule has 0 aliphatic heterocycles. The molecule has 1 N–H and O–H groups in total. The Morgan fingerprint density at radius 3 is 2.70 bits per heavy atom. The zero-order chi connectivity index (χ0) is 18.8. The van der Waals surface area contributed by atoms with Gasteiger partial charge < -0.3 is 14.3 Å². The second-order valence-electron chi connectivity index (χ2n) is 6.11. The van der Waals surface area contributed by atoms with Crippen LogP contribution in [0.25, 0.3) is 10.8 Å². The first-order valence-corrected chi connectivity index (χ1v) is 9.29. The van der Waals surface area contributed by atoms with Gasteiger partial charge in [0.05, 0.1) is 6.26 Å². The Bertz CT molecular complexity index is 1050. The van der Waals surface area contributed by atoms with Crippen LogP contribution in [0.1, 0.15) is 32.8 Å². The lowest BCUT2D eigenvalue weighted by molar-refractivity contribution is 0.0936. The number of hydrogen-bond donors (Lipinski definition) is 1. The Morgan fingerprint density at radius 1 is 1.22 bits per heavy atom. The van der Waals surface area contributed by atoms with E-state index >= 15 is 0 Å². The maximum absolute atomic E-state index is 13.0. The second kappa shape index (κ2) is 7.20. The molecular weight excluding hydrogens is 360 g/mol. The highest BCUT2D eigenvalue weighted by atomic mass is 32.1. The van der Waals surface area contributed by atoms with Gasteiger partial charge in [-0.25, -0.2) is 9.97 Å². The minimum atomic E-state index is -0.369. The first-order valence-electron chi connectivity index (χ1n) is 8.48. The molecule has 27 heavy (non-hydrogen) atoms. The Hall–Kier alpha value is -3.19. The number of thiazole rings is 1. The summed E-state index contributed by atoms with van der Waals surface area (Å²) in [7, 11) is 1.91. The van der Waals surface area contributed by atoms with Crippen LogP contribution >= 0.6 is 11.3 Å². The minimum Gasteiger partial charge on any atom is -0.462 e. The molecule has 0 aliphatic rings. The van der Waals surface area contributed by atoms with Gasteiger partial charge in [0.1, 0.15) is 17.6 Å². The summed E-state index contributed by atoms with van der Waals surface area (Å²) in [5, 5.41) is 3.77. The van der Waals surface area contributed by atoms with Crippen molar-refractivity contribution in [2.45, 2.75) is 13.0 Å². The lowest BCUT2D eigenvalue weighted by atomic mass is 10.1. The van der Waals surface area contributed by atoms with Gasteiger partial charge in [0.25, 0.3) is 5.91 Å². The van der Waals surface area contributed by atoms with Crippen molar-refractivity contribution in [3.63, 3.8) is 0 Å². The zero-order valence-corrected chi connectivity index (χ0v) is 15.7. The van der Waals surface area contributed by atoms with Crippen LogP contribution in [0.5, 0.6) is 0 Å². The smallest absolute Gasteiger partial charge is 0.271 e. The summed E-state index contributed by atoms with van der Waals surface area (Å²) >= 11 is 1.44. The maximum Gasteiger partial charge on any atom is 0.271 e. The molecule has 1 amide bonds. The van der Waals surface area contributed by atoms with Crippen molar-refractivity contribution in [3.05, 3.63) is 83.1 Å². The van der Waals surface area contributed by atoms with Crippen molar-refractivity contribution in [1.29, 1.82) is 0 Å². The Morgan fingerprint density at radius 2 is 2.04 bits per heavy atom. The number of nitrogens with zero attached hydrogens (tertiary/aromatic N) is 3. The molecular formula is C20H18N4O2S. The van der Waals surface area contributed by atoms with E-state index in [1.807, 2.05) is 61.1 Å². The number of hydrogen-bond acceptors (Lipinski definition) is 5. The average molecular weight is 378 g/mol. The Balaban J connectivity index is 1.66. The molecule has 7 heteroatoms. The van der Waals surface area contributed by atoms with Crippen molar-refractivity contribution < 1.29 is 9.21 Å². The number of aryl methyl sites for hydroxylation is 2. The number of imidazole rings is 1. The molecule has 1 aromatic carbocycles. The van der Waals surface area contributed by atoms with Crippen molar-refractivity contribution in [2.75, 3.05) is 0 Å². The number of amides is 1. The SMILES string of the molecule is Cc1sc(-c2ccco2)nc1C(=O)N[C@@H](c1ccccc1)c1nccn1C. The van der Waals surface area contributed by atoms with E-state index < -0.39 is 0 Å². The topological polar surface area (TPSA) is 73.0 Å². The van der Waals surface area contributed by atoms with Gasteiger partial charge in [-0.2, -0.15) is 0 Å². The molecule has 3 heterocycles. The zero-order valence-electron chi connectivity index (χ0n) is 14.9. The fourth-order valence-electron chi connectivity index (χ4n) is 2.91. The van der Waals surface area contributed by atoms with E-state index in [0.717, 1.165) is 16.3 Å². The number of nitrogens with one attached hydrogen (secondary N) is 1. The van der Waals surface area contributed by atoms with E-state index in [1.54, 1.807) is 18.5 Å². The van der Waals surface area contributed by atoms with E-state index in [1.165, 1.54) is 11.3 Å². The third kappa shape index (κ3) is 3.41. The summed E-state index contributed by atoms with van der Waals surface area (Å²) in [6.07, 6.45) is 5.18. The van der Waals surface area contributed by atoms with E-state index in [4.69, 9.17) is 4.42 Å².